The molecule has 0 radical (unpaired) electrons. The van der Waals surface area contributed by atoms with Gasteiger partial charge in [0.2, 0.25) is 0 Å². The zero-order valence-electron chi connectivity index (χ0n) is 22.6. The average Bonchev–Trinajstić information content (AvgIpc) is 3.57. The second kappa shape index (κ2) is 7.99. The van der Waals surface area contributed by atoms with E-state index in [0.717, 1.165) is 16.9 Å². The Hall–Kier alpha value is -5.60. The highest BCUT2D eigenvalue weighted by Gasteiger charge is 2.25. The quantitative estimate of drug-likeness (QED) is 0.221. The molecule has 2 aromatic heterocycles. The van der Waals surface area contributed by atoms with Crippen molar-refractivity contribution < 1.29 is 4.42 Å². The fourth-order valence-electron chi connectivity index (χ4n) is 7.42. The Labute approximate surface area is 241 Å². The summed E-state index contributed by atoms with van der Waals surface area (Å²) in [5.41, 5.74) is 12.9. The monoisotopic (exact) mass is 533 g/mol. The molecule has 0 atom stereocenters. The summed E-state index contributed by atoms with van der Waals surface area (Å²) in [5, 5.41) is 7.59. The van der Waals surface area contributed by atoms with E-state index in [4.69, 9.17) is 4.42 Å². The van der Waals surface area contributed by atoms with E-state index in [1.54, 1.807) is 0 Å². The van der Waals surface area contributed by atoms with Gasteiger partial charge in [-0.25, -0.2) is 0 Å². The molecule has 9 aromatic rings. The van der Waals surface area contributed by atoms with Gasteiger partial charge in [0, 0.05) is 32.6 Å². The van der Waals surface area contributed by atoms with Crippen LogP contribution in [0, 0.1) is 0 Å². The number of rotatable bonds is 3. The van der Waals surface area contributed by atoms with Crippen LogP contribution >= 0.6 is 0 Å². The van der Waals surface area contributed by atoms with E-state index in [1.807, 2.05) is 0 Å². The van der Waals surface area contributed by atoms with Crippen molar-refractivity contribution in [3.05, 3.63) is 140 Å². The third-order valence-corrected chi connectivity index (χ3v) is 9.11. The molecule has 42 heavy (non-hydrogen) atoms. The van der Waals surface area contributed by atoms with E-state index >= 15 is 0 Å². The Morgan fingerprint density at radius 2 is 1.02 bits per heavy atom. The minimum atomic E-state index is 0.950. The Balaban J connectivity index is 1.32. The summed E-state index contributed by atoms with van der Waals surface area (Å²) in [7, 11) is 0. The minimum Gasteiger partial charge on any atom is -0.456 e. The maximum Gasteiger partial charge on any atom is 0.136 e. The van der Waals surface area contributed by atoms with Crippen molar-refractivity contribution >= 4 is 54.5 Å². The molecule has 1 aliphatic carbocycles. The number of aromatic nitrogens is 1. The van der Waals surface area contributed by atoms with Gasteiger partial charge in [0.1, 0.15) is 11.2 Å². The molecular weight excluding hydrogens is 510 g/mol. The molecule has 0 N–H and O–H groups in total. The Morgan fingerprint density at radius 1 is 0.381 bits per heavy atom. The van der Waals surface area contributed by atoms with E-state index in [2.05, 4.69) is 144 Å². The third kappa shape index (κ3) is 2.78. The van der Waals surface area contributed by atoms with Crippen molar-refractivity contribution in [1.82, 2.24) is 4.57 Å². The van der Waals surface area contributed by atoms with Crippen LogP contribution < -0.4 is 0 Å². The fraction of sp³-hybridized carbons (Fsp3) is 0. The first-order valence-corrected chi connectivity index (χ1v) is 14.4. The van der Waals surface area contributed by atoms with Crippen molar-refractivity contribution in [2.75, 3.05) is 0 Å². The summed E-state index contributed by atoms with van der Waals surface area (Å²) < 4.78 is 8.86. The zero-order chi connectivity index (χ0) is 27.4. The lowest BCUT2D eigenvalue weighted by Gasteiger charge is -2.14. The van der Waals surface area contributed by atoms with Crippen molar-refractivity contribution in [2.45, 2.75) is 0 Å². The zero-order valence-corrected chi connectivity index (χ0v) is 22.6. The van der Waals surface area contributed by atoms with Crippen LogP contribution in [0.4, 0.5) is 0 Å². The lowest BCUT2D eigenvalue weighted by molar-refractivity contribution is 0.669. The van der Waals surface area contributed by atoms with Gasteiger partial charge in [-0.05, 0) is 75.2 Å². The molecule has 0 saturated carbocycles. The smallest absolute Gasteiger partial charge is 0.136 e. The third-order valence-electron chi connectivity index (χ3n) is 9.11. The predicted molar refractivity (Wildman–Crippen MR) is 175 cm³/mol. The van der Waals surface area contributed by atoms with E-state index in [1.165, 1.54) is 76.7 Å². The second-order valence-electron chi connectivity index (χ2n) is 11.3. The van der Waals surface area contributed by atoms with E-state index in [9.17, 15) is 0 Å². The lowest BCUT2D eigenvalue weighted by atomic mass is 9.94. The van der Waals surface area contributed by atoms with Gasteiger partial charge in [-0.15, -0.1) is 0 Å². The van der Waals surface area contributed by atoms with Gasteiger partial charge in [0.15, 0.2) is 0 Å². The van der Waals surface area contributed by atoms with Crippen LogP contribution in [-0.2, 0) is 0 Å². The van der Waals surface area contributed by atoms with E-state index in [0.29, 0.717) is 0 Å². The predicted octanol–water partition coefficient (Wildman–Crippen LogP) is 11.2. The number of furan rings is 1. The Bertz CT molecular complexity index is 2560. The molecule has 7 aromatic carbocycles. The van der Waals surface area contributed by atoms with Gasteiger partial charge in [-0.3, -0.25) is 0 Å². The molecule has 0 aliphatic heterocycles. The molecule has 0 unspecified atom stereocenters. The van der Waals surface area contributed by atoms with Gasteiger partial charge < -0.3 is 8.98 Å². The van der Waals surface area contributed by atoms with Crippen LogP contribution in [-0.4, -0.2) is 4.57 Å². The Morgan fingerprint density at radius 3 is 1.90 bits per heavy atom. The number of fused-ring (bicyclic) bond motifs is 1. The van der Waals surface area contributed by atoms with Gasteiger partial charge in [-0.2, -0.15) is 0 Å². The second-order valence-corrected chi connectivity index (χ2v) is 11.3. The number of hydrogen-bond acceptors (Lipinski definition) is 1. The molecule has 2 heteroatoms. The molecule has 10 rings (SSSR count). The standard InChI is InChI=1S/C40H23NO/c1-2-9-24(10-3-1)28-13-4-5-14-29(28)26-11-6-12-27(23-26)41-32-17-7-15-30-31-16-8-18-34-38(31)40-35(42-34)22-20-25-19-21-33(41)39(36(25)40)37(30)32/h1-23H. The number of nitrogens with zero attached hydrogens (tertiary/aromatic N) is 1. The minimum absolute atomic E-state index is 0.950. The average molecular weight is 534 g/mol. The summed E-state index contributed by atoms with van der Waals surface area (Å²) in [6.45, 7) is 0. The number of benzene rings is 7. The van der Waals surface area contributed by atoms with Gasteiger partial charge >= 0.3 is 0 Å². The van der Waals surface area contributed by atoms with Crippen LogP contribution in [0.1, 0.15) is 0 Å². The van der Waals surface area contributed by atoms with Crippen molar-refractivity contribution in [2.24, 2.45) is 0 Å². The van der Waals surface area contributed by atoms with Crippen molar-refractivity contribution in [3.63, 3.8) is 0 Å². The molecular formula is C40H23NO. The summed E-state index contributed by atoms with van der Waals surface area (Å²) in [4.78, 5) is 0. The Kier molecular flexibility index (Phi) is 4.21. The molecule has 1 aliphatic rings. The van der Waals surface area contributed by atoms with Gasteiger partial charge in [-0.1, -0.05) is 103 Å². The topological polar surface area (TPSA) is 18.1 Å². The van der Waals surface area contributed by atoms with E-state index < -0.39 is 0 Å². The van der Waals surface area contributed by atoms with E-state index in [-0.39, 0.29) is 0 Å². The summed E-state index contributed by atoms with van der Waals surface area (Å²) >= 11 is 0. The first kappa shape index (κ1) is 22.1. The molecule has 0 spiro atoms. The number of hydrogen-bond donors (Lipinski definition) is 0. The molecule has 194 valence electrons. The van der Waals surface area contributed by atoms with Crippen molar-refractivity contribution in [1.29, 1.82) is 0 Å². The summed E-state index contributed by atoms with van der Waals surface area (Å²) in [6.07, 6.45) is 0. The maximum atomic E-state index is 6.41. The lowest BCUT2D eigenvalue weighted by Crippen LogP contribution is -1.95. The highest BCUT2D eigenvalue weighted by atomic mass is 16.3. The molecule has 0 fully saturated rings. The van der Waals surface area contributed by atoms with Crippen LogP contribution in [0.2, 0.25) is 0 Å². The first-order chi connectivity index (χ1) is 20.8. The highest BCUT2D eigenvalue weighted by molar-refractivity contribution is 6.37. The molecule has 2 heterocycles. The summed E-state index contributed by atoms with van der Waals surface area (Å²) in [5.74, 6) is 0. The molecule has 2 nitrogen and oxygen atoms in total. The van der Waals surface area contributed by atoms with Crippen LogP contribution in [0.3, 0.4) is 0 Å². The SMILES string of the molecule is c1ccc(-c2ccccc2-c2cccc(-n3c4cccc5c4c4c6c(ccc7oc8cccc-5c8c76)ccc43)c2)cc1. The normalized spacial score (nSPS) is 12.3. The van der Waals surface area contributed by atoms with Gasteiger partial charge in [0.05, 0.1) is 11.0 Å². The van der Waals surface area contributed by atoms with Crippen molar-refractivity contribution in [3.8, 4) is 39.1 Å². The highest BCUT2D eigenvalue weighted by Crippen LogP contribution is 2.50. The first-order valence-electron chi connectivity index (χ1n) is 14.4. The molecule has 0 bridgehead atoms. The fourth-order valence-corrected chi connectivity index (χ4v) is 7.42. The largest absolute Gasteiger partial charge is 0.456 e. The van der Waals surface area contributed by atoms with Crippen LogP contribution in [0.5, 0.6) is 0 Å². The van der Waals surface area contributed by atoms with Gasteiger partial charge in [0.25, 0.3) is 0 Å². The molecule has 0 amide bonds. The van der Waals surface area contributed by atoms with Crippen LogP contribution in [0.25, 0.3) is 93.6 Å². The molecule has 0 saturated heterocycles. The summed E-state index contributed by atoms with van der Waals surface area (Å²) in [6, 6.07) is 50.5. The maximum absolute atomic E-state index is 6.41. The van der Waals surface area contributed by atoms with Crippen LogP contribution in [0.15, 0.2) is 144 Å².